The van der Waals surface area contributed by atoms with Gasteiger partial charge >= 0.3 is 0 Å². The van der Waals surface area contributed by atoms with Crippen molar-refractivity contribution in [1.82, 2.24) is 0 Å². The molecule has 0 spiro atoms. The fraction of sp³-hybridized carbons (Fsp3) is 0.538. The Balaban J connectivity index is 2.02. The molecule has 1 nitrogen and oxygen atoms in total. The molecule has 0 aliphatic carbocycles. The van der Waals surface area contributed by atoms with Crippen LogP contribution in [0.5, 0.6) is 0 Å². The van der Waals surface area contributed by atoms with E-state index in [1.807, 2.05) is 0 Å². The molecule has 0 saturated carbocycles. The zero-order valence-electron chi connectivity index (χ0n) is 9.46. The van der Waals surface area contributed by atoms with Crippen molar-refractivity contribution in [3.8, 4) is 0 Å². The molecular formula is C13H18BrN. The molecule has 15 heavy (non-hydrogen) atoms. The summed E-state index contributed by atoms with van der Waals surface area (Å²) in [6.07, 6.45) is 2.60. The molecule has 0 N–H and O–H groups in total. The lowest BCUT2D eigenvalue weighted by atomic mass is 9.75. The molecule has 1 aromatic carbocycles. The van der Waals surface area contributed by atoms with Gasteiger partial charge in [-0.1, -0.05) is 29.8 Å². The molecule has 0 aromatic heterocycles. The summed E-state index contributed by atoms with van der Waals surface area (Å²) in [4.78, 5) is 2.47. The average molecular weight is 268 g/mol. The number of hydrogen-bond acceptors (Lipinski definition) is 1. The lowest BCUT2D eigenvalue weighted by Gasteiger charge is -2.51. The van der Waals surface area contributed by atoms with Crippen molar-refractivity contribution in [3.05, 3.63) is 28.7 Å². The van der Waals surface area contributed by atoms with E-state index in [-0.39, 0.29) is 0 Å². The SMILES string of the molecule is CCC1(CC)CN(c2ccc(Br)cc2)C1. The Hall–Kier alpha value is -0.500. The van der Waals surface area contributed by atoms with Gasteiger partial charge in [-0.25, -0.2) is 0 Å². The standard InChI is InChI=1S/C13H18BrN/c1-3-13(4-2)9-15(10-13)12-7-5-11(14)6-8-12/h5-8H,3-4,9-10H2,1-2H3. The quantitative estimate of drug-likeness (QED) is 0.798. The predicted octanol–water partition coefficient (Wildman–Crippen LogP) is 4.08. The average Bonchev–Trinajstić information content (AvgIpc) is 2.20. The molecule has 1 fully saturated rings. The van der Waals surface area contributed by atoms with E-state index in [9.17, 15) is 0 Å². The summed E-state index contributed by atoms with van der Waals surface area (Å²) >= 11 is 3.47. The molecule has 1 aliphatic heterocycles. The molecule has 1 aliphatic rings. The van der Waals surface area contributed by atoms with Crippen LogP contribution >= 0.6 is 15.9 Å². The van der Waals surface area contributed by atoms with Crippen molar-refractivity contribution < 1.29 is 0 Å². The maximum atomic E-state index is 3.47. The van der Waals surface area contributed by atoms with Crippen LogP contribution in [0.1, 0.15) is 26.7 Å². The molecule has 1 saturated heterocycles. The van der Waals surface area contributed by atoms with Crippen LogP contribution in [0.15, 0.2) is 28.7 Å². The topological polar surface area (TPSA) is 3.24 Å². The van der Waals surface area contributed by atoms with Crippen molar-refractivity contribution in [2.45, 2.75) is 26.7 Å². The highest BCUT2D eigenvalue weighted by atomic mass is 79.9. The van der Waals surface area contributed by atoms with Crippen LogP contribution in [0, 0.1) is 5.41 Å². The van der Waals surface area contributed by atoms with E-state index in [1.54, 1.807) is 0 Å². The number of benzene rings is 1. The molecule has 1 aromatic rings. The van der Waals surface area contributed by atoms with Gasteiger partial charge < -0.3 is 4.90 Å². The van der Waals surface area contributed by atoms with Crippen molar-refractivity contribution >= 4 is 21.6 Å². The molecular weight excluding hydrogens is 250 g/mol. The third kappa shape index (κ3) is 2.05. The van der Waals surface area contributed by atoms with Crippen molar-refractivity contribution in [3.63, 3.8) is 0 Å². The van der Waals surface area contributed by atoms with Crippen molar-refractivity contribution in [1.29, 1.82) is 0 Å². The molecule has 0 bridgehead atoms. The maximum absolute atomic E-state index is 3.47. The zero-order valence-corrected chi connectivity index (χ0v) is 11.0. The van der Waals surface area contributed by atoms with Gasteiger partial charge in [-0.05, 0) is 37.1 Å². The molecule has 0 atom stereocenters. The maximum Gasteiger partial charge on any atom is 0.0367 e. The minimum absolute atomic E-state index is 0.590. The predicted molar refractivity (Wildman–Crippen MR) is 69.4 cm³/mol. The lowest BCUT2D eigenvalue weighted by molar-refractivity contribution is 0.194. The second-order valence-electron chi connectivity index (χ2n) is 4.54. The second-order valence-corrected chi connectivity index (χ2v) is 5.46. The summed E-state index contributed by atoms with van der Waals surface area (Å²) in [7, 11) is 0. The van der Waals surface area contributed by atoms with Crippen molar-refractivity contribution in [2.75, 3.05) is 18.0 Å². The Labute approximate surface area is 101 Å². The second kappa shape index (κ2) is 4.17. The van der Waals surface area contributed by atoms with Gasteiger partial charge in [0, 0.05) is 28.7 Å². The summed E-state index contributed by atoms with van der Waals surface area (Å²) < 4.78 is 1.16. The van der Waals surface area contributed by atoms with E-state index in [0.29, 0.717) is 5.41 Å². The lowest BCUT2D eigenvalue weighted by Crippen LogP contribution is -2.55. The van der Waals surface area contributed by atoms with Gasteiger partial charge in [0.25, 0.3) is 0 Å². The highest BCUT2D eigenvalue weighted by Crippen LogP contribution is 2.39. The Bertz CT molecular complexity index is 319. The van der Waals surface area contributed by atoms with Gasteiger partial charge in [0.1, 0.15) is 0 Å². The van der Waals surface area contributed by atoms with Gasteiger partial charge in [0.2, 0.25) is 0 Å². The minimum Gasteiger partial charge on any atom is -0.370 e. The van der Waals surface area contributed by atoms with Gasteiger partial charge in [0.05, 0.1) is 0 Å². The Morgan fingerprint density at radius 1 is 1.13 bits per heavy atom. The smallest absolute Gasteiger partial charge is 0.0367 e. The summed E-state index contributed by atoms with van der Waals surface area (Å²) in [6, 6.07) is 8.62. The third-order valence-corrected chi connectivity index (χ3v) is 4.27. The van der Waals surface area contributed by atoms with Crippen LogP contribution in [0.3, 0.4) is 0 Å². The van der Waals surface area contributed by atoms with Crippen LogP contribution in [-0.2, 0) is 0 Å². The Kier molecular flexibility index (Phi) is 3.06. The minimum atomic E-state index is 0.590. The molecule has 2 heteroatoms. The summed E-state index contributed by atoms with van der Waals surface area (Å²) in [5.74, 6) is 0. The summed E-state index contributed by atoms with van der Waals surface area (Å²) in [5, 5.41) is 0. The normalized spacial score (nSPS) is 18.7. The van der Waals surface area contributed by atoms with E-state index < -0.39 is 0 Å². The molecule has 0 unspecified atom stereocenters. The van der Waals surface area contributed by atoms with Gasteiger partial charge in [-0.3, -0.25) is 0 Å². The molecule has 0 amide bonds. The Morgan fingerprint density at radius 3 is 2.13 bits per heavy atom. The molecule has 2 rings (SSSR count). The number of hydrogen-bond donors (Lipinski definition) is 0. The van der Waals surface area contributed by atoms with Crippen LogP contribution in [0.4, 0.5) is 5.69 Å². The third-order valence-electron chi connectivity index (χ3n) is 3.74. The number of anilines is 1. The van der Waals surface area contributed by atoms with E-state index in [1.165, 1.54) is 31.6 Å². The fourth-order valence-electron chi connectivity index (χ4n) is 2.30. The van der Waals surface area contributed by atoms with E-state index in [4.69, 9.17) is 0 Å². The van der Waals surface area contributed by atoms with Gasteiger partial charge in [-0.15, -0.1) is 0 Å². The summed E-state index contributed by atoms with van der Waals surface area (Å²) in [6.45, 7) is 7.06. The van der Waals surface area contributed by atoms with E-state index in [0.717, 1.165) is 4.47 Å². The first-order chi connectivity index (χ1) is 7.19. The largest absolute Gasteiger partial charge is 0.370 e. The van der Waals surface area contributed by atoms with Crippen LogP contribution in [0.25, 0.3) is 0 Å². The number of halogens is 1. The first-order valence-electron chi connectivity index (χ1n) is 5.69. The van der Waals surface area contributed by atoms with Gasteiger partial charge in [0.15, 0.2) is 0 Å². The Morgan fingerprint density at radius 2 is 1.67 bits per heavy atom. The van der Waals surface area contributed by atoms with Crippen LogP contribution < -0.4 is 4.90 Å². The number of nitrogens with zero attached hydrogens (tertiary/aromatic N) is 1. The van der Waals surface area contributed by atoms with Gasteiger partial charge in [-0.2, -0.15) is 0 Å². The van der Waals surface area contributed by atoms with E-state index >= 15 is 0 Å². The first kappa shape index (κ1) is 11.0. The molecule has 0 radical (unpaired) electrons. The highest BCUT2D eigenvalue weighted by Gasteiger charge is 2.39. The molecule has 1 heterocycles. The number of rotatable bonds is 3. The van der Waals surface area contributed by atoms with E-state index in [2.05, 4.69) is 58.9 Å². The zero-order chi connectivity index (χ0) is 10.9. The van der Waals surface area contributed by atoms with Crippen molar-refractivity contribution in [2.24, 2.45) is 5.41 Å². The fourth-order valence-corrected chi connectivity index (χ4v) is 2.56. The monoisotopic (exact) mass is 267 g/mol. The summed E-state index contributed by atoms with van der Waals surface area (Å²) in [5.41, 5.74) is 1.95. The first-order valence-corrected chi connectivity index (χ1v) is 6.49. The highest BCUT2D eigenvalue weighted by molar-refractivity contribution is 9.10. The molecule has 82 valence electrons. The van der Waals surface area contributed by atoms with Crippen LogP contribution in [0.2, 0.25) is 0 Å². The van der Waals surface area contributed by atoms with Crippen LogP contribution in [-0.4, -0.2) is 13.1 Å².